The van der Waals surface area contributed by atoms with E-state index in [-0.39, 0.29) is 16.3 Å². The van der Waals surface area contributed by atoms with Gasteiger partial charge < -0.3 is 9.84 Å². The topological polar surface area (TPSA) is 75.6 Å². The standard InChI is InChI=1S/C14H15ClFNO4/c1-14(2,3)21-13(20)17-10-6-5-9(15)12(16)8(10)4-7-11(18)19/h4-7H,1-3H3,(H,17,20)(H,18,19)/b7-4+. The summed E-state index contributed by atoms with van der Waals surface area (Å²) in [4.78, 5) is 22.2. The molecule has 2 N–H and O–H groups in total. The second-order valence-electron chi connectivity index (χ2n) is 5.12. The third-order valence-electron chi connectivity index (χ3n) is 2.16. The summed E-state index contributed by atoms with van der Waals surface area (Å²) in [5.74, 6) is -2.08. The Bertz CT molecular complexity index is 593. The highest BCUT2D eigenvalue weighted by molar-refractivity contribution is 6.31. The summed E-state index contributed by atoms with van der Waals surface area (Å²) in [5, 5.41) is 10.8. The molecule has 5 nitrogen and oxygen atoms in total. The molecule has 0 aliphatic heterocycles. The van der Waals surface area contributed by atoms with Gasteiger partial charge >= 0.3 is 12.1 Å². The summed E-state index contributed by atoms with van der Waals surface area (Å²) in [5.41, 5.74) is -0.800. The lowest BCUT2D eigenvalue weighted by molar-refractivity contribution is -0.131. The summed E-state index contributed by atoms with van der Waals surface area (Å²) in [6, 6.07) is 2.61. The van der Waals surface area contributed by atoms with Gasteiger partial charge in [0.2, 0.25) is 0 Å². The van der Waals surface area contributed by atoms with Crippen molar-refractivity contribution in [3.63, 3.8) is 0 Å². The Kier molecular flexibility index (Phi) is 5.32. The van der Waals surface area contributed by atoms with Crippen LogP contribution in [0.3, 0.4) is 0 Å². The number of amides is 1. The van der Waals surface area contributed by atoms with Gasteiger partial charge in [-0.1, -0.05) is 11.6 Å². The van der Waals surface area contributed by atoms with Crippen LogP contribution in [0.2, 0.25) is 5.02 Å². The number of ether oxygens (including phenoxy) is 1. The Morgan fingerprint density at radius 1 is 1.38 bits per heavy atom. The van der Waals surface area contributed by atoms with Crippen LogP contribution in [0.4, 0.5) is 14.9 Å². The number of aliphatic carboxylic acids is 1. The van der Waals surface area contributed by atoms with Crippen LogP contribution in [-0.4, -0.2) is 22.8 Å². The molecule has 114 valence electrons. The van der Waals surface area contributed by atoms with Crippen LogP contribution in [0, 0.1) is 5.82 Å². The fourth-order valence-corrected chi connectivity index (χ4v) is 1.57. The molecule has 0 unspecified atom stereocenters. The summed E-state index contributed by atoms with van der Waals surface area (Å²) < 4.78 is 19.0. The van der Waals surface area contributed by atoms with Gasteiger partial charge in [-0.25, -0.2) is 14.0 Å². The zero-order valence-corrected chi connectivity index (χ0v) is 12.5. The molecule has 0 heterocycles. The van der Waals surface area contributed by atoms with Gasteiger partial charge in [-0.3, -0.25) is 5.32 Å². The van der Waals surface area contributed by atoms with Gasteiger partial charge in [0.1, 0.15) is 5.60 Å². The molecule has 0 saturated carbocycles. The van der Waals surface area contributed by atoms with Gasteiger partial charge in [-0.2, -0.15) is 0 Å². The van der Waals surface area contributed by atoms with Crippen molar-refractivity contribution >= 4 is 35.4 Å². The minimum absolute atomic E-state index is 0.0589. The van der Waals surface area contributed by atoms with Crippen LogP contribution in [0.15, 0.2) is 18.2 Å². The number of hydrogen-bond acceptors (Lipinski definition) is 3. The molecule has 0 aromatic heterocycles. The lowest BCUT2D eigenvalue weighted by Gasteiger charge is -2.20. The monoisotopic (exact) mass is 315 g/mol. The van der Waals surface area contributed by atoms with E-state index in [4.69, 9.17) is 21.4 Å². The van der Waals surface area contributed by atoms with Crippen LogP contribution in [0.25, 0.3) is 6.08 Å². The Labute approximate surface area is 126 Å². The molecule has 7 heteroatoms. The summed E-state index contributed by atoms with van der Waals surface area (Å²) >= 11 is 5.64. The first kappa shape index (κ1) is 17.0. The predicted molar refractivity (Wildman–Crippen MR) is 77.9 cm³/mol. The van der Waals surface area contributed by atoms with E-state index in [1.165, 1.54) is 12.1 Å². The van der Waals surface area contributed by atoms with E-state index in [1.807, 2.05) is 0 Å². The summed E-state index contributed by atoms with van der Waals surface area (Å²) in [7, 11) is 0. The zero-order chi connectivity index (χ0) is 16.2. The van der Waals surface area contributed by atoms with E-state index < -0.39 is 23.5 Å². The molecule has 0 spiro atoms. The Morgan fingerprint density at radius 2 is 2.00 bits per heavy atom. The second-order valence-corrected chi connectivity index (χ2v) is 5.53. The second kappa shape index (κ2) is 6.58. The Hall–Kier alpha value is -2.08. The summed E-state index contributed by atoms with van der Waals surface area (Å²) in [6.07, 6.45) is 0.972. The molecule has 1 aromatic carbocycles. The number of carbonyl (C=O) groups is 2. The molecule has 0 aliphatic rings. The summed E-state index contributed by atoms with van der Waals surface area (Å²) in [6.45, 7) is 5.04. The fourth-order valence-electron chi connectivity index (χ4n) is 1.41. The quantitative estimate of drug-likeness (QED) is 0.829. The van der Waals surface area contributed by atoms with Gasteiger partial charge in [-0.05, 0) is 39.0 Å². The van der Waals surface area contributed by atoms with Crippen molar-refractivity contribution in [3.8, 4) is 0 Å². The fraction of sp³-hybridized carbons (Fsp3) is 0.286. The average molecular weight is 316 g/mol. The third-order valence-corrected chi connectivity index (χ3v) is 2.45. The normalized spacial score (nSPS) is 11.5. The number of hydrogen-bond donors (Lipinski definition) is 2. The first-order valence-corrected chi connectivity index (χ1v) is 6.37. The molecule has 0 saturated heterocycles. The number of rotatable bonds is 3. The highest BCUT2D eigenvalue weighted by Crippen LogP contribution is 2.27. The first-order chi connectivity index (χ1) is 9.60. The maximum absolute atomic E-state index is 13.9. The molecule has 1 amide bonds. The highest BCUT2D eigenvalue weighted by Gasteiger charge is 2.18. The first-order valence-electron chi connectivity index (χ1n) is 5.99. The van der Waals surface area contributed by atoms with Crippen molar-refractivity contribution in [2.45, 2.75) is 26.4 Å². The van der Waals surface area contributed by atoms with Crippen LogP contribution in [0.1, 0.15) is 26.3 Å². The van der Waals surface area contributed by atoms with Crippen molar-refractivity contribution in [2.24, 2.45) is 0 Å². The van der Waals surface area contributed by atoms with Crippen LogP contribution >= 0.6 is 11.6 Å². The largest absolute Gasteiger partial charge is 0.478 e. The maximum atomic E-state index is 13.9. The lowest BCUT2D eigenvalue weighted by atomic mass is 10.1. The molecule has 0 radical (unpaired) electrons. The van der Waals surface area contributed by atoms with E-state index in [0.717, 1.165) is 12.2 Å². The van der Waals surface area contributed by atoms with E-state index >= 15 is 0 Å². The number of anilines is 1. The Morgan fingerprint density at radius 3 is 2.52 bits per heavy atom. The number of halogens is 2. The number of carbonyl (C=O) groups excluding carboxylic acids is 1. The van der Waals surface area contributed by atoms with Gasteiger partial charge in [0.15, 0.2) is 5.82 Å². The minimum atomic E-state index is -1.25. The molecule has 1 rings (SSSR count). The SMILES string of the molecule is CC(C)(C)OC(=O)Nc1ccc(Cl)c(F)c1/C=C/C(=O)O. The zero-order valence-electron chi connectivity index (χ0n) is 11.7. The lowest BCUT2D eigenvalue weighted by Crippen LogP contribution is -2.27. The Balaban J connectivity index is 3.09. The van der Waals surface area contributed by atoms with Gasteiger partial charge in [0.25, 0.3) is 0 Å². The molecular formula is C14H15ClFNO4. The van der Waals surface area contributed by atoms with Gasteiger partial charge in [0, 0.05) is 11.6 Å². The third kappa shape index (κ3) is 5.43. The highest BCUT2D eigenvalue weighted by atomic mass is 35.5. The van der Waals surface area contributed by atoms with Crippen LogP contribution < -0.4 is 5.32 Å². The van der Waals surface area contributed by atoms with Crippen molar-refractivity contribution < 1.29 is 23.8 Å². The van der Waals surface area contributed by atoms with E-state index in [1.54, 1.807) is 20.8 Å². The predicted octanol–water partition coefficient (Wildman–Crippen LogP) is 3.92. The van der Waals surface area contributed by atoms with E-state index in [9.17, 15) is 14.0 Å². The average Bonchev–Trinajstić information content (AvgIpc) is 2.30. The number of carboxylic acids is 1. The smallest absolute Gasteiger partial charge is 0.412 e. The minimum Gasteiger partial charge on any atom is -0.478 e. The van der Waals surface area contributed by atoms with E-state index in [2.05, 4.69) is 5.32 Å². The van der Waals surface area contributed by atoms with Crippen molar-refractivity contribution in [1.82, 2.24) is 0 Å². The molecule has 0 bridgehead atoms. The number of nitrogens with one attached hydrogen (secondary N) is 1. The van der Waals surface area contributed by atoms with Crippen molar-refractivity contribution in [2.75, 3.05) is 5.32 Å². The van der Waals surface area contributed by atoms with Gasteiger partial charge in [0.05, 0.1) is 10.7 Å². The van der Waals surface area contributed by atoms with Crippen molar-refractivity contribution in [1.29, 1.82) is 0 Å². The van der Waals surface area contributed by atoms with Crippen LogP contribution in [-0.2, 0) is 9.53 Å². The number of carboxylic acid groups (broad SMARTS) is 1. The van der Waals surface area contributed by atoms with Crippen LogP contribution in [0.5, 0.6) is 0 Å². The van der Waals surface area contributed by atoms with Gasteiger partial charge in [-0.15, -0.1) is 0 Å². The maximum Gasteiger partial charge on any atom is 0.412 e. The van der Waals surface area contributed by atoms with Crippen molar-refractivity contribution in [3.05, 3.63) is 34.6 Å². The molecule has 0 fully saturated rings. The molecule has 1 aromatic rings. The van der Waals surface area contributed by atoms with E-state index in [0.29, 0.717) is 0 Å². The molecular weight excluding hydrogens is 301 g/mol. The number of benzene rings is 1. The molecule has 21 heavy (non-hydrogen) atoms. The molecule has 0 aliphatic carbocycles. The molecule has 0 atom stereocenters.